The van der Waals surface area contributed by atoms with Gasteiger partial charge in [-0.2, -0.15) is 4.39 Å². The normalized spacial score (nSPS) is 22.1. The minimum Gasteiger partial charge on any atom is -0.494 e. The molecule has 1 fully saturated rings. The highest BCUT2D eigenvalue weighted by molar-refractivity contribution is 6.30. The standard InChI is InChI=1S/C29H26ClF4N3O4/c1-41-22-11-10-20(23(31)24(22)32)29(40)19-4-2-3-5-21(19)37(28(29)39)14-15-6-8-17(9-7-15)36-27(38)18-12-16(30)13-35-25(18)26(33)34/h2-5,10-13,15,17,26,40H,6-9,14H2,1H3,(H,36,38)/t15-,17-,29?. The second-order valence-electron chi connectivity index (χ2n) is 10.2. The highest BCUT2D eigenvalue weighted by Gasteiger charge is 2.53. The van der Waals surface area contributed by atoms with Crippen LogP contribution in [0.25, 0.3) is 0 Å². The number of ether oxygens (including phenoxy) is 1. The fourth-order valence-electron chi connectivity index (χ4n) is 5.66. The number of aromatic nitrogens is 1. The first-order chi connectivity index (χ1) is 19.6. The summed E-state index contributed by atoms with van der Waals surface area (Å²) < 4.78 is 61.1. The van der Waals surface area contributed by atoms with E-state index in [4.69, 9.17) is 16.3 Å². The lowest BCUT2D eigenvalue weighted by Gasteiger charge is -2.32. The smallest absolute Gasteiger partial charge is 0.281 e. The van der Waals surface area contributed by atoms with Crippen molar-refractivity contribution in [3.63, 3.8) is 0 Å². The number of benzene rings is 2. The van der Waals surface area contributed by atoms with Crippen LogP contribution in [0.5, 0.6) is 5.75 Å². The predicted molar refractivity (Wildman–Crippen MR) is 142 cm³/mol. The fraction of sp³-hybridized carbons (Fsp3) is 0.345. The van der Waals surface area contributed by atoms with Crippen molar-refractivity contribution in [3.05, 3.63) is 87.7 Å². The second kappa shape index (κ2) is 11.3. The van der Waals surface area contributed by atoms with E-state index in [1.54, 1.807) is 18.2 Å². The summed E-state index contributed by atoms with van der Waals surface area (Å²) in [6.45, 7) is 0.201. The zero-order chi connectivity index (χ0) is 29.5. The molecule has 1 atom stereocenters. The van der Waals surface area contributed by atoms with E-state index in [1.807, 2.05) is 0 Å². The Morgan fingerprint density at radius 2 is 1.85 bits per heavy atom. The lowest BCUT2D eigenvalue weighted by atomic mass is 9.85. The van der Waals surface area contributed by atoms with E-state index in [-0.39, 0.29) is 40.4 Å². The number of amides is 2. The largest absolute Gasteiger partial charge is 0.494 e. The zero-order valence-electron chi connectivity index (χ0n) is 21.8. The van der Waals surface area contributed by atoms with Crippen molar-refractivity contribution in [1.82, 2.24) is 10.3 Å². The van der Waals surface area contributed by atoms with E-state index in [9.17, 15) is 27.9 Å². The highest BCUT2D eigenvalue weighted by Crippen LogP contribution is 2.46. The number of nitrogens with zero attached hydrogens (tertiary/aromatic N) is 2. The average molecular weight is 592 g/mol. The summed E-state index contributed by atoms with van der Waals surface area (Å²) in [4.78, 5) is 31.4. The number of pyridine rings is 1. The third-order valence-electron chi connectivity index (χ3n) is 7.76. The Hall–Kier alpha value is -3.70. The van der Waals surface area contributed by atoms with Gasteiger partial charge in [0, 0.05) is 29.9 Å². The molecule has 2 aliphatic rings. The molecule has 2 amide bonds. The van der Waals surface area contributed by atoms with Crippen LogP contribution in [0.3, 0.4) is 0 Å². The van der Waals surface area contributed by atoms with Gasteiger partial charge in [-0.05, 0) is 55.9 Å². The number of anilines is 1. The Kier molecular flexibility index (Phi) is 7.93. The molecule has 1 saturated carbocycles. The van der Waals surface area contributed by atoms with Crippen LogP contribution in [0.2, 0.25) is 5.02 Å². The topological polar surface area (TPSA) is 91.8 Å². The summed E-state index contributed by atoms with van der Waals surface area (Å²) in [7, 11) is 1.18. The van der Waals surface area contributed by atoms with E-state index in [2.05, 4.69) is 10.3 Å². The van der Waals surface area contributed by atoms with E-state index >= 15 is 4.39 Å². The number of fused-ring (bicyclic) bond motifs is 1. The van der Waals surface area contributed by atoms with Gasteiger partial charge in [-0.1, -0.05) is 29.8 Å². The third kappa shape index (κ3) is 5.12. The molecule has 2 N–H and O–H groups in total. The quantitative estimate of drug-likeness (QED) is 0.353. The zero-order valence-corrected chi connectivity index (χ0v) is 22.6. The molecule has 0 bridgehead atoms. The van der Waals surface area contributed by atoms with Crippen molar-refractivity contribution in [2.45, 2.75) is 43.8 Å². The molecule has 1 aliphatic heterocycles. The van der Waals surface area contributed by atoms with Gasteiger partial charge in [0.15, 0.2) is 17.2 Å². The first kappa shape index (κ1) is 28.8. The number of alkyl halides is 2. The number of hydrogen-bond donors (Lipinski definition) is 2. The van der Waals surface area contributed by atoms with E-state index in [0.29, 0.717) is 31.4 Å². The van der Waals surface area contributed by atoms with Gasteiger partial charge < -0.3 is 20.1 Å². The Balaban J connectivity index is 1.30. The second-order valence-corrected chi connectivity index (χ2v) is 10.6. The maximum Gasteiger partial charge on any atom is 0.281 e. The molecular weight excluding hydrogens is 566 g/mol. The first-order valence-corrected chi connectivity index (χ1v) is 13.3. The number of aliphatic hydroxyl groups is 1. The van der Waals surface area contributed by atoms with Crippen molar-refractivity contribution in [2.75, 3.05) is 18.6 Å². The first-order valence-electron chi connectivity index (χ1n) is 13.0. The van der Waals surface area contributed by atoms with Gasteiger partial charge in [-0.3, -0.25) is 14.6 Å². The molecule has 5 rings (SSSR count). The van der Waals surface area contributed by atoms with Crippen LogP contribution in [-0.2, 0) is 10.4 Å². The summed E-state index contributed by atoms with van der Waals surface area (Å²) >= 11 is 5.86. The summed E-state index contributed by atoms with van der Waals surface area (Å²) in [5, 5.41) is 14.5. The van der Waals surface area contributed by atoms with Gasteiger partial charge in [0.25, 0.3) is 18.2 Å². The maximum absolute atomic E-state index is 15.1. The van der Waals surface area contributed by atoms with Crippen LogP contribution in [0.1, 0.15) is 59.3 Å². The number of nitrogens with one attached hydrogen (secondary N) is 1. The minimum atomic E-state index is -2.94. The van der Waals surface area contributed by atoms with Gasteiger partial charge in [0.1, 0.15) is 5.69 Å². The van der Waals surface area contributed by atoms with Gasteiger partial charge in [0.2, 0.25) is 5.82 Å². The van der Waals surface area contributed by atoms with Crippen molar-refractivity contribution in [3.8, 4) is 5.75 Å². The molecule has 0 radical (unpaired) electrons. The Morgan fingerprint density at radius 1 is 1.15 bits per heavy atom. The van der Waals surface area contributed by atoms with Crippen LogP contribution < -0.4 is 15.0 Å². The minimum absolute atomic E-state index is 0.0376. The van der Waals surface area contributed by atoms with Crippen LogP contribution in [0.4, 0.5) is 23.2 Å². The van der Waals surface area contributed by atoms with E-state index < -0.39 is 46.7 Å². The lowest BCUT2D eigenvalue weighted by molar-refractivity contribution is -0.132. The van der Waals surface area contributed by atoms with Crippen LogP contribution in [-0.4, -0.2) is 41.6 Å². The lowest BCUT2D eigenvalue weighted by Crippen LogP contribution is -2.45. The molecule has 2 heterocycles. The van der Waals surface area contributed by atoms with Crippen molar-refractivity contribution in [1.29, 1.82) is 0 Å². The van der Waals surface area contributed by atoms with Crippen LogP contribution in [0, 0.1) is 17.6 Å². The molecule has 0 spiro atoms. The SMILES string of the molecule is COc1ccc(C2(O)C(=O)N(C[C@H]3CC[C@H](NC(=O)c4cc(Cl)cnc4C(F)F)CC3)c3ccccc32)c(F)c1F. The number of para-hydroxylation sites is 1. The number of halogens is 5. The Labute approximate surface area is 238 Å². The molecule has 2 aromatic carbocycles. The van der Waals surface area contributed by atoms with E-state index in [1.165, 1.54) is 18.1 Å². The molecule has 0 saturated heterocycles. The van der Waals surface area contributed by atoms with E-state index in [0.717, 1.165) is 24.4 Å². The number of rotatable bonds is 7. The molecule has 3 aromatic rings. The monoisotopic (exact) mass is 591 g/mol. The van der Waals surface area contributed by atoms with Gasteiger partial charge in [-0.15, -0.1) is 0 Å². The van der Waals surface area contributed by atoms with Gasteiger partial charge >= 0.3 is 0 Å². The summed E-state index contributed by atoms with van der Waals surface area (Å²) in [6, 6.07) is 9.57. The Bertz CT molecular complexity index is 1500. The number of hydrogen-bond acceptors (Lipinski definition) is 5. The average Bonchev–Trinajstić information content (AvgIpc) is 3.17. The summed E-state index contributed by atoms with van der Waals surface area (Å²) in [6.07, 6.45) is 0.309. The molecular formula is C29H26ClF4N3O4. The number of carbonyl (C=O) groups is 2. The molecule has 1 aromatic heterocycles. The predicted octanol–water partition coefficient (Wildman–Crippen LogP) is 5.53. The van der Waals surface area contributed by atoms with Crippen LogP contribution in [0.15, 0.2) is 48.7 Å². The molecule has 1 aliphatic carbocycles. The van der Waals surface area contributed by atoms with Gasteiger partial charge in [0.05, 0.1) is 23.4 Å². The molecule has 216 valence electrons. The third-order valence-corrected chi connectivity index (χ3v) is 7.96. The van der Waals surface area contributed by atoms with Crippen molar-refractivity contribution >= 4 is 29.1 Å². The number of methoxy groups -OCH3 is 1. The van der Waals surface area contributed by atoms with Gasteiger partial charge in [-0.25, -0.2) is 13.2 Å². The summed E-state index contributed by atoms with van der Waals surface area (Å²) in [5.41, 5.74) is -3.35. The Morgan fingerprint density at radius 3 is 2.54 bits per heavy atom. The molecule has 1 unspecified atom stereocenters. The molecule has 12 heteroatoms. The van der Waals surface area contributed by atoms with Crippen molar-refractivity contribution < 1.29 is 37.0 Å². The summed E-state index contributed by atoms with van der Waals surface area (Å²) in [5.74, 6) is -4.57. The fourth-order valence-corrected chi connectivity index (χ4v) is 5.82. The number of carbonyl (C=O) groups excluding carboxylic acids is 2. The molecule has 41 heavy (non-hydrogen) atoms. The molecule has 7 nitrogen and oxygen atoms in total. The highest BCUT2D eigenvalue weighted by atomic mass is 35.5. The van der Waals surface area contributed by atoms with Crippen LogP contribution >= 0.6 is 11.6 Å². The van der Waals surface area contributed by atoms with Crippen molar-refractivity contribution in [2.24, 2.45) is 5.92 Å². The maximum atomic E-state index is 15.1.